The first-order chi connectivity index (χ1) is 9.28. The number of hydrogen-bond acceptors (Lipinski definition) is 5. The monoisotopic (exact) mass is 267 g/mol. The molecule has 1 aromatic rings. The SMILES string of the molecule is CN1CCC(CNCc2cn(CCCO)nn2)CC1. The standard InChI is InChI=1S/C13H25N5O/c1-17-6-3-12(4-7-17)9-14-10-13-11-18(16-15-13)5-2-8-19/h11-12,14,19H,2-10H2,1H3. The molecule has 1 aliphatic rings. The van der Waals surface area contributed by atoms with Gasteiger partial charge >= 0.3 is 0 Å². The molecule has 6 heteroatoms. The van der Waals surface area contributed by atoms with Crippen molar-refractivity contribution in [3.8, 4) is 0 Å². The van der Waals surface area contributed by atoms with Crippen LogP contribution in [0.25, 0.3) is 0 Å². The number of piperidine rings is 1. The Bertz CT molecular complexity index is 360. The molecular weight excluding hydrogens is 242 g/mol. The topological polar surface area (TPSA) is 66.2 Å². The summed E-state index contributed by atoms with van der Waals surface area (Å²) in [6, 6.07) is 0. The predicted molar refractivity (Wildman–Crippen MR) is 73.7 cm³/mol. The fraction of sp³-hybridized carbons (Fsp3) is 0.846. The molecule has 0 aliphatic carbocycles. The summed E-state index contributed by atoms with van der Waals surface area (Å²) in [7, 11) is 2.19. The summed E-state index contributed by atoms with van der Waals surface area (Å²) in [5, 5.41) is 20.4. The summed E-state index contributed by atoms with van der Waals surface area (Å²) in [5.74, 6) is 0.792. The van der Waals surface area contributed by atoms with Crippen molar-refractivity contribution in [2.75, 3.05) is 33.3 Å². The number of rotatable bonds is 7. The summed E-state index contributed by atoms with van der Waals surface area (Å²) in [5.41, 5.74) is 0.978. The van der Waals surface area contributed by atoms with Gasteiger partial charge in [-0.25, -0.2) is 0 Å². The van der Waals surface area contributed by atoms with Gasteiger partial charge in [0.15, 0.2) is 0 Å². The lowest BCUT2D eigenvalue weighted by atomic mass is 9.97. The van der Waals surface area contributed by atoms with Gasteiger partial charge in [-0.3, -0.25) is 4.68 Å². The number of nitrogens with zero attached hydrogens (tertiary/aromatic N) is 4. The van der Waals surface area contributed by atoms with E-state index in [1.807, 2.05) is 6.20 Å². The van der Waals surface area contributed by atoms with Gasteiger partial charge in [-0.05, 0) is 51.9 Å². The molecule has 2 heterocycles. The van der Waals surface area contributed by atoms with Gasteiger partial charge in [0, 0.05) is 25.9 Å². The fourth-order valence-corrected chi connectivity index (χ4v) is 2.43. The largest absolute Gasteiger partial charge is 0.396 e. The van der Waals surface area contributed by atoms with E-state index < -0.39 is 0 Å². The highest BCUT2D eigenvalue weighted by Gasteiger charge is 2.16. The Kier molecular flexibility index (Phi) is 5.75. The van der Waals surface area contributed by atoms with E-state index in [0.29, 0.717) is 0 Å². The maximum atomic E-state index is 8.76. The van der Waals surface area contributed by atoms with Crippen molar-refractivity contribution >= 4 is 0 Å². The highest BCUT2D eigenvalue weighted by molar-refractivity contribution is 4.91. The molecule has 1 fully saturated rings. The van der Waals surface area contributed by atoms with Crippen molar-refractivity contribution in [1.29, 1.82) is 0 Å². The van der Waals surface area contributed by atoms with Gasteiger partial charge in [0.2, 0.25) is 0 Å². The predicted octanol–water partition coefficient (Wildman–Crippen LogP) is 0.0919. The maximum absolute atomic E-state index is 8.76. The van der Waals surface area contributed by atoms with Crippen LogP contribution in [0.3, 0.4) is 0 Å². The summed E-state index contributed by atoms with van der Waals surface area (Å²) >= 11 is 0. The highest BCUT2D eigenvalue weighted by Crippen LogP contribution is 2.14. The molecule has 0 bridgehead atoms. The molecule has 2 rings (SSSR count). The minimum Gasteiger partial charge on any atom is -0.396 e. The van der Waals surface area contributed by atoms with Crippen LogP contribution in [0, 0.1) is 5.92 Å². The normalized spacial score (nSPS) is 18.0. The minimum absolute atomic E-state index is 0.198. The molecule has 0 aromatic carbocycles. The van der Waals surface area contributed by atoms with Gasteiger partial charge < -0.3 is 15.3 Å². The van der Waals surface area contributed by atoms with Crippen molar-refractivity contribution < 1.29 is 5.11 Å². The third-order valence-electron chi connectivity index (χ3n) is 3.71. The highest BCUT2D eigenvalue weighted by atomic mass is 16.3. The number of aromatic nitrogens is 3. The van der Waals surface area contributed by atoms with E-state index in [-0.39, 0.29) is 6.61 Å². The second kappa shape index (κ2) is 7.57. The van der Waals surface area contributed by atoms with Gasteiger partial charge in [-0.2, -0.15) is 0 Å². The molecule has 1 saturated heterocycles. The minimum atomic E-state index is 0.198. The molecular formula is C13H25N5O. The second-order valence-electron chi connectivity index (χ2n) is 5.43. The Hall–Kier alpha value is -0.980. The van der Waals surface area contributed by atoms with Crippen LogP contribution >= 0.6 is 0 Å². The van der Waals surface area contributed by atoms with E-state index in [2.05, 4.69) is 27.6 Å². The zero-order valence-electron chi connectivity index (χ0n) is 11.8. The van der Waals surface area contributed by atoms with Crippen molar-refractivity contribution in [3.63, 3.8) is 0 Å². The molecule has 0 saturated carbocycles. The number of aliphatic hydroxyl groups is 1. The lowest BCUT2D eigenvalue weighted by Gasteiger charge is -2.28. The Morgan fingerprint density at radius 2 is 2.21 bits per heavy atom. The third kappa shape index (κ3) is 4.89. The van der Waals surface area contributed by atoms with Crippen LogP contribution in [0.4, 0.5) is 0 Å². The first-order valence-corrected chi connectivity index (χ1v) is 7.17. The molecule has 0 unspecified atom stereocenters. The van der Waals surface area contributed by atoms with Gasteiger partial charge in [-0.15, -0.1) is 5.10 Å². The Morgan fingerprint density at radius 3 is 2.95 bits per heavy atom. The smallest absolute Gasteiger partial charge is 0.0964 e. The van der Waals surface area contributed by atoms with Crippen molar-refractivity contribution in [3.05, 3.63) is 11.9 Å². The molecule has 0 radical (unpaired) electrons. The summed E-state index contributed by atoms with van der Waals surface area (Å²) < 4.78 is 1.79. The van der Waals surface area contributed by atoms with Gasteiger partial charge in [0.25, 0.3) is 0 Å². The van der Waals surface area contributed by atoms with Crippen LogP contribution in [0.5, 0.6) is 0 Å². The number of nitrogens with one attached hydrogen (secondary N) is 1. The van der Waals surface area contributed by atoms with Gasteiger partial charge in [-0.1, -0.05) is 5.21 Å². The van der Waals surface area contributed by atoms with E-state index in [1.54, 1.807) is 4.68 Å². The number of aliphatic hydroxyl groups excluding tert-OH is 1. The lowest BCUT2D eigenvalue weighted by Crippen LogP contribution is -2.34. The summed E-state index contributed by atoms with van der Waals surface area (Å²) in [6.45, 7) is 5.21. The number of hydrogen-bond donors (Lipinski definition) is 2. The molecule has 0 atom stereocenters. The molecule has 0 spiro atoms. The average Bonchev–Trinajstić information content (AvgIpc) is 2.87. The number of aryl methyl sites for hydroxylation is 1. The van der Waals surface area contributed by atoms with E-state index in [9.17, 15) is 0 Å². The van der Waals surface area contributed by atoms with Crippen LogP contribution in [-0.4, -0.2) is 58.3 Å². The van der Waals surface area contributed by atoms with Crippen molar-refractivity contribution in [2.24, 2.45) is 5.92 Å². The zero-order valence-corrected chi connectivity index (χ0v) is 11.8. The van der Waals surface area contributed by atoms with E-state index in [1.165, 1.54) is 25.9 Å². The molecule has 108 valence electrons. The Labute approximate surface area is 114 Å². The van der Waals surface area contributed by atoms with Crippen molar-refractivity contribution in [1.82, 2.24) is 25.2 Å². The molecule has 0 amide bonds. The first kappa shape index (κ1) is 14.4. The van der Waals surface area contributed by atoms with Crippen molar-refractivity contribution in [2.45, 2.75) is 32.4 Å². The lowest BCUT2D eigenvalue weighted by molar-refractivity contribution is 0.216. The quantitative estimate of drug-likeness (QED) is 0.733. The molecule has 2 N–H and O–H groups in total. The molecule has 6 nitrogen and oxygen atoms in total. The van der Waals surface area contributed by atoms with Gasteiger partial charge in [0.1, 0.15) is 0 Å². The Morgan fingerprint density at radius 1 is 1.42 bits per heavy atom. The number of likely N-dealkylation sites (tertiary alicyclic amines) is 1. The Balaban J connectivity index is 1.63. The second-order valence-corrected chi connectivity index (χ2v) is 5.43. The van der Waals surface area contributed by atoms with Crippen LogP contribution in [0.15, 0.2) is 6.20 Å². The summed E-state index contributed by atoms with van der Waals surface area (Å²) in [4.78, 5) is 2.39. The van der Waals surface area contributed by atoms with E-state index in [4.69, 9.17) is 5.11 Å². The zero-order chi connectivity index (χ0) is 13.5. The van der Waals surface area contributed by atoms with Gasteiger partial charge in [0.05, 0.1) is 5.69 Å². The molecule has 19 heavy (non-hydrogen) atoms. The fourth-order valence-electron chi connectivity index (χ4n) is 2.43. The average molecular weight is 267 g/mol. The van der Waals surface area contributed by atoms with Crippen LogP contribution < -0.4 is 5.32 Å². The van der Waals surface area contributed by atoms with Crippen LogP contribution in [0.2, 0.25) is 0 Å². The molecule has 1 aliphatic heterocycles. The van der Waals surface area contributed by atoms with E-state index in [0.717, 1.165) is 37.7 Å². The first-order valence-electron chi connectivity index (χ1n) is 7.17. The maximum Gasteiger partial charge on any atom is 0.0964 e. The van der Waals surface area contributed by atoms with E-state index >= 15 is 0 Å². The van der Waals surface area contributed by atoms with Crippen LogP contribution in [-0.2, 0) is 13.1 Å². The summed E-state index contributed by atoms with van der Waals surface area (Å²) in [6.07, 6.45) is 5.25. The molecule has 1 aromatic heterocycles. The van der Waals surface area contributed by atoms with Crippen LogP contribution in [0.1, 0.15) is 25.0 Å². The third-order valence-corrected chi connectivity index (χ3v) is 3.71.